The molecule has 0 unspecified atom stereocenters. The first-order chi connectivity index (χ1) is 7.99. The summed E-state index contributed by atoms with van der Waals surface area (Å²) in [5.41, 5.74) is -0.181. The average Bonchev–Trinajstić information content (AvgIpc) is 2.27. The molecule has 0 heterocycles. The van der Waals surface area contributed by atoms with Crippen LogP contribution >= 0.6 is 31.9 Å². The summed E-state index contributed by atoms with van der Waals surface area (Å²) in [6.07, 6.45) is 0. The van der Waals surface area contributed by atoms with Crippen molar-refractivity contribution in [3.63, 3.8) is 0 Å². The molecular weight excluding hydrogens is 362 g/mol. The lowest BCUT2D eigenvalue weighted by atomic mass is 10.2. The van der Waals surface area contributed by atoms with Gasteiger partial charge in [0.25, 0.3) is 0 Å². The van der Waals surface area contributed by atoms with Gasteiger partial charge in [-0.05, 0) is 31.9 Å². The number of nitro benzene ring substituents is 1. The summed E-state index contributed by atoms with van der Waals surface area (Å²) < 4.78 is 15.7. The number of hydrogen-bond acceptors (Lipinski definition) is 5. The molecule has 0 spiro atoms. The zero-order valence-electron chi connectivity index (χ0n) is 9.24. The van der Waals surface area contributed by atoms with Crippen molar-refractivity contribution < 1.29 is 19.1 Å². The van der Waals surface area contributed by atoms with Crippen molar-refractivity contribution in [2.75, 3.05) is 21.3 Å². The van der Waals surface area contributed by atoms with Gasteiger partial charge in [0.1, 0.15) is 8.95 Å². The predicted molar refractivity (Wildman–Crippen MR) is 68.2 cm³/mol. The third kappa shape index (κ3) is 2.32. The maximum atomic E-state index is 11.0. The number of nitrogens with zero attached hydrogens (tertiary/aromatic N) is 1. The molecule has 0 aromatic heterocycles. The van der Waals surface area contributed by atoms with Gasteiger partial charge in [-0.1, -0.05) is 0 Å². The second-order valence-corrected chi connectivity index (χ2v) is 4.42. The van der Waals surface area contributed by atoms with Gasteiger partial charge in [0.05, 0.1) is 26.3 Å². The smallest absolute Gasteiger partial charge is 0.305 e. The van der Waals surface area contributed by atoms with Crippen LogP contribution in [0.15, 0.2) is 8.95 Å². The topological polar surface area (TPSA) is 70.8 Å². The van der Waals surface area contributed by atoms with Crippen LogP contribution in [0.25, 0.3) is 0 Å². The quantitative estimate of drug-likeness (QED) is 0.601. The Morgan fingerprint density at radius 2 is 1.29 bits per heavy atom. The van der Waals surface area contributed by atoms with Crippen molar-refractivity contribution in [3.05, 3.63) is 19.1 Å². The Kier molecular flexibility index (Phi) is 4.58. The molecule has 1 aromatic rings. The monoisotopic (exact) mass is 369 g/mol. The second-order valence-electron chi connectivity index (χ2n) is 2.83. The van der Waals surface area contributed by atoms with E-state index in [0.717, 1.165) is 0 Å². The largest absolute Gasteiger partial charge is 0.491 e. The molecule has 0 radical (unpaired) electrons. The van der Waals surface area contributed by atoms with Crippen molar-refractivity contribution in [2.24, 2.45) is 0 Å². The van der Waals surface area contributed by atoms with Gasteiger partial charge in [0.15, 0.2) is 11.5 Å². The van der Waals surface area contributed by atoms with E-state index >= 15 is 0 Å². The Bertz CT molecular complexity index is 432. The van der Waals surface area contributed by atoms with Crippen LogP contribution in [-0.4, -0.2) is 26.3 Å². The summed E-state index contributed by atoms with van der Waals surface area (Å²) >= 11 is 6.23. The van der Waals surface area contributed by atoms with Crippen molar-refractivity contribution in [2.45, 2.75) is 0 Å². The molecule has 0 aliphatic carbocycles. The fourth-order valence-electron chi connectivity index (χ4n) is 1.32. The third-order valence-corrected chi connectivity index (χ3v) is 3.49. The molecule has 0 amide bonds. The highest BCUT2D eigenvalue weighted by atomic mass is 79.9. The van der Waals surface area contributed by atoms with Gasteiger partial charge in [0, 0.05) is 0 Å². The van der Waals surface area contributed by atoms with Crippen LogP contribution in [0.3, 0.4) is 0 Å². The first-order valence-electron chi connectivity index (χ1n) is 4.30. The van der Waals surface area contributed by atoms with Gasteiger partial charge in [-0.3, -0.25) is 10.1 Å². The number of rotatable bonds is 4. The third-order valence-electron chi connectivity index (χ3n) is 2.02. The summed E-state index contributed by atoms with van der Waals surface area (Å²) in [6, 6.07) is 0. The first kappa shape index (κ1) is 14.0. The van der Waals surface area contributed by atoms with Crippen LogP contribution in [0.5, 0.6) is 17.2 Å². The minimum Gasteiger partial charge on any atom is -0.491 e. The number of benzene rings is 1. The molecule has 1 rings (SSSR count). The zero-order chi connectivity index (χ0) is 13.2. The maximum absolute atomic E-state index is 11.0. The van der Waals surface area contributed by atoms with Crippen molar-refractivity contribution in [1.29, 1.82) is 0 Å². The molecule has 0 atom stereocenters. The number of halogens is 2. The number of methoxy groups -OCH3 is 3. The maximum Gasteiger partial charge on any atom is 0.305 e. The van der Waals surface area contributed by atoms with E-state index in [-0.39, 0.29) is 31.9 Å². The standard InChI is InChI=1S/C9H9Br2NO5/c1-15-7-4(10)6(12(13)14)5(11)8(16-2)9(7)17-3/h1-3H3. The predicted octanol–water partition coefficient (Wildman–Crippen LogP) is 3.15. The van der Waals surface area contributed by atoms with Crippen LogP contribution in [0.1, 0.15) is 0 Å². The molecule has 0 saturated carbocycles. The number of nitro groups is 1. The SMILES string of the molecule is COc1c(Br)c([N+](=O)[O-])c(Br)c(OC)c1OC. The van der Waals surface area contributed by atoms with Gasteiger partial charge in [-0.15, -0.1) is 0 Å². The van der Waals surface area contributed by atoms with E-state index in [2.05, 4.69) is 31.9 Å². The lowest BCUT2D eigenvalue weighted by Gasteiger charge is -2.15. The van der Waals surface area contributed by atoms with Crippen LogP contribution in [-0.2, 0) is 0 Å². The van der Waals surface area contributed by atoms with Crippen molar-refractivity contribution in [1.82, 2.24) is 0 Å². The Labute approximate surface area is 114 Å². The Morgan fingerprint density at radius 1 is 0.941 bits per heavy atom. The summed E-state index contributed by atoms with van der Waals surface area (Å²) in [5, 5.41) is 11.0. The summed E-state index contributed by atoms with van der Waals surface area (Å²) in [7, 11) is 4.20. The first-order valence-corrected chi connectivity index (χ1v) is 5.89. The fraction of sp³-hybridized carbons (Fsp3) is 0.333. The highest BCUT2D eigenvalue weighted by Gasteiger charge is 2.30. The van der Waals surface area contributed by atoms with Crippen molar-refractivity contribution in [3.8, 4) is 17.2 Å². The van der Waals surface area contributed by atoms with E-state index < -0.39 is 4.92 Å². The normalized spacial score (nSPS) is 9.94. The molecule has 0 aliphatic rings. The summed E-state index contributed by atoms with van der Waals surface area (Å²) in [6.45, 7) is 0. The minimum atomic E-state index is -0.543. The van der Waals surface area contributed by atoms with E-state index in [0.29, 0.717) is 0 Å². The molecular formula is C9H9Br2NO5. The molecule has 0 saturated heterocycles. The minimum absolute atomic E-state index is 0.181. The molecule has 8 heteroatoms. The molecule has 17 heavy (non-hydrogen) atoms. The van der Waals surface area contributed by atoms with Crippen LogP contribution in [0, 0.1) is 10.1 Å². The van der Waals surface area contributed by atoms with Gasteiger partial charge in [0.2, 0.25) is 5.75 Å². The molecule has 0 N–H and O–H groups in total. The highest BCUT2D eigenvalue weighted by Crippen LogP contribution is 2.53. The zero-order valence-corrected chi connectivity index (χ0v) is 12.4. The van der Waals surface area contributed by atoms with E-state index in [1.165, 1.54) is 21.3 Å². The Hall–Kier alpha value is -1.02. The average molecular weight is 371 g/mol. The lowest BCUT2D eigenvalue weighted by Crippen LogP contribution is -2.01. The number of ether oxygens (including phenoxy) is 3. The number of hydrogen-bond donors (Lipinski definition) is 0. The molecule has 1 aromatic carbocycles. The second kappa shape index (κ2) is 5.54. The highest BCUT2D eigenvalue weighted by molar-refractivity contribution is 9.11. The van der Waals surface area contributed by atoms with Crippen LogP contribution in [0.4, 0.5) is 5.69 Å². The van der Waals surface area contributed by atoms with E-state index in [4.69, 9.17) is 14.2 Å². The molecule has 0 aliphatic heterocycles. The van der Waals surface area contributed by atoms with Gasteiger partial charge >= 0.3 is 5.69 Å². The van der Waals surface area contributed by atoms with Gasteiger partial charge in [-0.25, -0.2) is 0 Å². The Morgan fingerprint density at radius 3 is 1.53 bits per heavy atom. The van der Waals surface area contributed by atoms with Crippen LogP contribution in [0.2, 0.25) is 0 Å². The van der Waals surface area contributed by atoms with Crippen molar-refractivity contribution >= 4 is 37.5 Å². The summed E-state index contributed by atoms with van der Waals surface area (Å²) in [5.74, 6) is 0.692. The molecule has 0 fully saturated rings. The Balaban J connectivity index is 3.73. The van der Waals surface area contributed by atoms with E-state index in [9.17, 15) is 10.1 Å². The van der Waals surface area contributed by atoms with E-state index in [1.807, 2.05) is 0 Å². The lowest BCUT2D eigenvalue weighted by molar-refractivity contribution is -0.386. The van der Waals surface area contributed by atoms with E-state index in [1.54, 1.807) is 0 Å². The van der Waals surface area contributed by atoms with Crippen LogP contribution < -0.4 is 14.2 Å². The fourth-order valence-corrected chi connectivity index (χ4v) is 2.96. The van der Waals surface area contributed by atoms with Gasteiger partial charge in [-0.2, -0.15) is 0 Å². The molecule has 0 bridgehead atoms. The summed E-state index contributed by atoms with van der Waals surface area (Å²) in [4.78, 5) is 10.4. The van der Waals surface area contributed by atoms with Gasteiger partial charge < -0.3 is 14.2 Å². The molecule has 6 nitrogen and oxygen atoms in total. The molecule has 94 valence electrons.